The number of rotatable bonds is 2. The van der Waals surface area contributed by atoms with Crippen molar-refractivity contribution in [2.45, 2.75) is 34.1 Å². The highest BCUT2D eigenvalue weighted by Gasteiger charge is 2.00. The molecule has 0 N–H and O–H groups in total. The fraction of sp³-hybridized carbons (Fsp3) is 0.556. The van der Waals surface area contributed by atoms with Gasteiger partial charge in [-0.3, -0.25) is 19.2 Å². The van der Waals surface area contributed by atoms with Crippen LogP contribution in [0.15, 0.2) is 0 Å². The Morgan fingerprint density at radius 1 is 0.929 bits per heavy atom. The molecule has 5 heteroatoms. The van der Waals surface area contributed by atoms with Crippen LogP contribution in [0, 0.1) is 0 Å². The molecule has 0 aliphatic rings. The third-order valence-electron chi connectivity index (χ3n) is 1.00. The maximum Gasteiger partial charge on any atom is 0.310 e. The molecule has 0 fully saturated rings. The molecule has 0 aliphatic heterocycles. The molecule has 0 atom stereocenters. The molecule has 5 nitrogen and oxygen atoms in total. The average molecular weight is 202 g/mol. The Bertz CT molecular complexity index is 230. The first-order chi connectivity index (χ1) is 6.31. The maximum atomic E-state index is 10.2. The summed E-state index contributed by atoms with van der Waals surface area (Å²) in [5.74, 6) is -1.76. The quantitative estimate of drug-likeness (QED) is 0.373. The van der Waals surface area contributed by atoms with Crippen LogP contribution in [0.3, 0.4) is 0 Å². The Morgan fingerprint density at radius 3 is 1.29 bits per heavy atom. The molecule has 0 spiro atoms. The van der Waals surface area contributed by atoms with Crippen molar-refractivity contribution in [3.8, 4) is 0 Å². The molecule has 0 aromatic rings. The van der Waals surface area contributed by atoms with Gasteiger partial charge in [0, 0.05) is 27.2 Å². The summed E-state index contributed by atoms with van der Waals surface area (Å²) in [5, 5.41) is 0. The number of carbonyl (C=O) groups excluding carboxylic acids is 4. The van der Waals surface area contributed by atoms with Gasteiger partial charge < -0.3 is 4.74 Å². The standard InChI is InChI=1S/C5H8O2.C4H6O3/c1-3-5(7)4(2)6;1-3(5)7-4(2)6/h3H2,1-2H3;1-2H3. The lowest BCUT2D eigenvalue weighted by atomic mass is 10.2. The van der Waals surface area contributed by atoms with Crippen molar-refractivity contribution in [1.29, 1.82) is 0 Å². The van der Waals surface area contributed by atoms with E-state index in [-0.39, 0.29) is 11.6 Å². The van der Waals surface area contributed by atoms with Gasteiger partial charge in [0.15, 0.2) is 11.6 Å². The summed E-state index contributed by atoms with van der Waals surface area (Å²) in [6, 6.07) is 0. The number of carbonyl (C=O) groups is 4. The van der Waals surface area contributed by atoms with Gasteiger partial charge in [-0.2, -0.15) is 0 Å². The first-order valence-electron chi connectivity index (χ1n) is 4.04. The van der Waals surface area contributed by atoms with Crippen molar-refractivity contribution >= 4 is 23.5 Å². The summed E-state index contributed by atoms with van der Waals surface area (Å²) in [6.07, 6.45) is 0.329. The van der Waals surface area contributed by atoms with Crippen LogP contribution in [-0.2, 0) is 23.9 Å². The largest absolute Gasteiger partial charge is 0.394 e. The minimum Gasteiger partial charge on any atom is -0.394 e. The van der Waals surface area contributed by atoms with E-state index in [1.165, 1.54) is 20.8 Å². The van der Waals surface area contributed by atoms with Crippen molar-refractivity contribution in [2.75, 3.05) is 0 Å². The first-order valence-corrected chi connectivity index (χ1v) is 4.04. The molecule has 0 unspecified atom stereocenters. The molecule has 80 valence electrons. The molecule has 0 saturated carbocycles. The van der Waals surface area contributed by atoms with E-state index in [1.54, 1.807) is 6.92 Å². The van der Waals surface area contributed by atoms with Gasteiger partial charge in [-0.25, -0.2) is 0 Å². The van der Waals surface area contributed by atoms with Crippen molar-refractivity contribution in [2.24, 2.45) is 0 Å². The van der Waals surface area contributed by atoms with Crippen molar-refractivity contribution in [3.05, 3.63) is 0 Å². The summed E-state index contributed by atoms with van der Waals surface area (Å²) < 4.78 is 3.97. The van der Waals surface area contributed by atoms with Gasteiger partial charge in [-0.15, -0.1) is 0 Å². The second-order valence-corrected chi connectivity index (χ2v) is 2.42. The number of hydrogen-bond donors (Lipinski definition) is 0. The number of hydrogen-bond acceptors (Lipinski definition) is 5. The Balaban J connectivity index is 0. The normalized spacial score (nSPS) is 8.00. The van der Waals surface area contributed by atoms with Gasteiger partial charge in [0.05, 0.1) is 0 Å². The summed E-state index contributed by atoms with van der Waals surface area (Å²) in [7, 11) is 0. The van der Waals surface area contributed by atoms with E-state index in [2.05, 4.69) is 4.74 Å². The third kappa shape index (κ3) is 13.1. The lowest BCUT2D eigenvalue weighted by Gasteiger charge is -1.87. The molecular formula is C9H14O5. The lowest BCUT2D eigenvalue weighted by molar-refractivity contribution is -0.156. The monoisotopic (exact) mass is 202 g/mol. The van der Waals surface area contributed by atoms with Crippen LogP contribution in [0.1, 0.15) is 34.1 Å². The van der Waals surface area contributed by atoms with Crippen LogP contribution in [0.25, 0.3) is 0 Å². The van der Waals surface area contributed by atoms with E-state index in [1.807, 2.05) is 0 Å². The van der Waals surface area contributed by atoms with E-state index in [4.69, 9.17) is 0 Å². The van der Waals surface area contributed by atoms with E-state index in [0.29, 0.717) is 6.42 Å². The van der Waals surface area contributed by atoms with E-state index < -0.39 is 11.9 Å². The Morgan fingerprint density at radius 2 is 1.29 bits per heavy atom. The van der Waals surface area contributed by atoms with Crippen LogP contribution in [-0.4, -0.2) is 23.5 Å². The second kappa shape index (κ2) is 8.10. The Labute approximate surface area is 82.4 Å². The van der Waals surface area contributed by atoms with Crippen molar-refractivity contribution < 1.29 is 23.9 Å². The molecule has 0 bridgehead atoms. The highest BCUT2D eigenvalue weighted by Crippen LogP contribution is 1.79. The third-order valence-corrected chi connectivity index (χ3v) is 1.00. The predicted octanol–water partition coefficient (Wildman–Crippen LogP) is 0.651. The minimum atomic E-state index is -0.562. The van der Waals surface area contributed by atoms with Gasteiger partial charge in [-0.1, -0.05) is 6.92 Å². The molecule has 14 heavy (non-hydrogen) atoms. The summed E-state index contributed by atoms with van der Waals surface area (Å²) >= 11 is 0. The van der Waals surface area contributed by atoms with Gasteiger partial charge in [-0.05, 0) is 0 Å². The number of ether oxygens (including phenoxy) is 1. The smallest absolute Gasteiger partial charge is 0.310 e. The van der Waals surface area contributed by atoms with Crippen LogP contribution < -0.4 is 0 Å². The van der Waals surface area contributed by atoms with Gasteiger partial charge in [0.25, 0.3) is 0 Å². The van der Waals surface area contributed by atoms with Crippen LogP contribution in [0.2, 0.25) is 0 Å². The minimum absolute atomic E-state index is 0.292. The molecule has 0 aliphatic carbocycles. The molecule has 0 radical (unpaired) electrons. The molecule has 0 aromatic heterocycles. The number of esters is 2. The molecular weight excluding hydrogens is 188 g/mol. The van der Waals surface area contributed by atoms with Crippen LogP contribution in [0.4, 0.5) is 0 Å². The zero-order valence-electron chi connectivity index (χ0n) is 8.75. The predicted molar refractivity (Wildman–Crippen MR) is 48.4 cm³/mol. The highest BCUT2D eigenvalue weighted by atomic mass is 16.6. The summed E-state index contributed by atoms with van der Waals surface area (Å²) in [6.45, 7) is 5.32. The molecule has 0 saturated heterocycles. The Kier molecular flexibility index (Phi) is 8.66. The summed E-state index contributed by atoms with van der Waals surface area (Å²) in [5.41, 5.74) is 0. The lowest BCUT2D eigenvalue weighted by Crippen LogP contribution is -2.06. The van der Waals surface area contributed by atoms with Crippen molar-refractivity contribution in [1.82, 2.24) is 0 Å². The van der Waals surface area contributed by atoms with Gasteiger partial charge >= 0.3 is 11.9 Å². The maximum absolute atomic E-state index is 10.2. The number of Topliss-reactive ketones (excluding diaryl/α,β-unsaturated/α-hetero) is 2. The van der Waals surface area contributed by atoms with E-state index in [9.17, 15) is 19.2 Å². The zero-order valence-corrected chi connectivity index (χ0v) is 8.75. The second-order valence-electron chi connectivity index (χ2n) is 2.42. The first kappa shape index (κ1) is 15.0. The fourth-order valence-corrected chi connectivity index (χ4v) is 0.451. The number of ketones is 2. The van der Waals surface area contributed by atoms with Crippen LogP contribution in [0.5, 0.6) is 0 Å². The highest BCUT2D eigenvalue weighted by molar-refractivity contribution is 6.36. The topological polar surface area (TPSA) is 77.5 Å². The van der Waals surface area contributed by atoms with Crippen molar-refractivity contribution in [3.63, 3.8) is 0 Å². The van der Waals surface area contributed by atoms with E-state index >= 15 is 0 Å². The molecule has 0 heterocycles. The van der Waals surface area contributed by atoms with Gasteiger partial charge in [0.1, 0.15) is 0 Å². The molecule has 0 aromatic carbocycles. The molecule has 0 amide bonds. The summed E-state index contributed by atoms with van der Waals surface area (Å²) in [4.78, 5) is 39.8. The van der Waals surface area contributed by atoms with Gasteiger partial charge in [0.2, 0.25) is 0 Å². The zero-order chi connectivity index (χ0) is 11.7. The SMILES string of the molecule is CC(=O)OC(C)=O.CCC(=O)C(C)=O. The Hall–Kier alpha value is -1.52. The molecule has 0 rings (SSSR count). The van der Waals surface area contributed by atoms with Crippen LogP contribution >= 0.6 is 0 Å². The van der Waals surface area contributed by atoms with E-state index in [0.717, 1.165) is 0 Å². The average Bonchev–Trinajstić information content (AvgIpc) is 2.01. The fourth-order valence-electron chi connectivity index (χ4n) is 0.451.